The molecule has 0 spiro atoms. The van der Waals surface area contributed by atoms with E-state index in [0.29, 0.717) is 11.7 Å². The molecule has 0 heterocycles. The lowest BCUT2D eigenvalue weighted by molar-refractivity contribution is -0.119. The standard InChI is InChI=1S/C17H26O.C2H6/c1-3-9-15(4-2)10-5-6-11-16-12-7-8-13-17(18)14-16;1-2/h3-4,9,16H,1-2,5-8,10-14H2;1-2H3/b15-9+;. The van der Waals surface area contributed by atoms with E-state index in [9.17, 15) is 4.79 Å². The number of unbranched alkanes of at least 4 members (excludes halogenated alkanes) is 1. The van der Waals surface area contributed by atoms with Gasteiger partial charge in [0.2, 0.25) is 0 Å². The predicted molar refractivity (Wildman–Crippen MR) is 89.9 cm³/mol. The fraction of sp³-hybridized carbons (Fsp3) is 0.632. The first kappa shape index (κ1) is 18.9. The van der Waals surface area contributed by atoms with E-state index < -0.39 is 0 Å². The molecule has 0 aliphatic heterocycles. The highest BCUT2D eigenvalue weighted by molar-refractivity contribution is 5.78. The Hall–Kier alpha value is -1.11. The van der Waals surface area contributed by atoms with E-state index in [2.05, 4.69) is 13.2 Å². The number of Topliss-reactive ketones (excluding diaryl/α,β-unsaturated/α-hetero) is 1. The van der Waals surface area contributed by atoms with Crippen LogP contribution in [0, 0.1) is 5.92 Å². The lowest BCUT2D eigenvalue weighted by Crippen LogP contribution is -2.05. The molecule has 0 bridgehead atoms. The molecule has 0 saturated heterocycles. The van der Waals surface area contributed by atoms with Crippen LogP contribution in [0.15, 0.2) is 37.0 Å². The van der Waals surface area contributed by atoms with Crippen LogP contribution in [0.3, 0.4) is 0 Å². The highest BCUT2D eigenvalue weighted by Gasteiger charge is 2.16. The van der Waals surface area contributed by atoms with E-state index in [1.165, 1.54) is 37.7 Å². The van der Waals surface area contributed by atoms with Crippen molar-refractivity contribution in [2.75, 3.05) is 0 Å². The van der Waals surface area contributed by atoms with Gasteiger partial charge in [-0.15, -0.1) is 0 Å². The Morgan fingerprint density at radius 2 is 2.00 bits per heavy atom. The van der Waals surface area contributed by atoms with Gasteiger partial charge in [0, 0.05) is 12.8 Å². The van der Waals surface area contributed by atoms with E-state index in [0.717, 1.165) is 25.7 Å². The Labute approximate surface area is 125 Å². The molecule has 114 valence electrons. The summed E-state index contributed by atoms with van der Waals surface area (Å²) in [6, 6.07) is 0. The quantitative estimate of drug-likeness (QED) is 0.315. The van der Waals surface area contributed by atoms with Crippen LogP contribution in [-0.2, 0) is 4.79 Å². The Balaban J connectivity index is 0.00000172. The second-order valence-electron chi connectivity index (χ2n) is 5.28. The SMILES string of the molecule is C=C/C=C(\C=C)CCCCC1CCCCC(=O)C1.CC. The molecule has 0 aromatic carbocycles. The molecule has 1 unspecified atom stereocenters. The largest absolute Gasteiger partial charge is 0.300 e. The molecule has 0 radical (unpaired) electrons. The predicted octanol–water partition coefficient (Wildman–Crippen LogP) is 6.02. The van der Waals surface area contributed by atoms with Crippen molar-refractivity contribution in [1.29, 1.82) is 0 Å². The monoisotopic (exact) mass is 276 g/mol. The van der Waals surface area contributed by atoms with Crippen LogP contribution in [-0.4, -0.2) is 5.78 Å². The summed E-state index contributed by atoms with van der Waals surface area (Å²) in [6.45, 7) is 11.5. The third kappa shape index (κ3) is 8.90. The molecule has 0 aromatic heterocycles. The summed E-state index contributed by atoms with van der Waals surface area (Å²) in [4.78, 5) is 11.5. The van der Waals surface area contributed by atoms with Crippen molar-refractivity contribution < 1.29 is 4.79 Å². The first-order valence-electron chi connectivity index (χ1n) is 8.22. The molecular weight excluding hydrogens is 244 g/mol. The molecule has 1 fully saturated rings. The molecule has 1 aliphatic rings. The van der Waals surface area contributed by atoms with Gasteiger partial charge in [0.05, 0.1) is 0 Å². The van der Waals surface area contributed by atoms with Crippen LogP contribution >= 0.6 is 0 Å². The molecule has 1 heteroatoms. The molecule has 1 saturated carbocycles. The summed E-state index contributed by atoms with van der Waals surface area (Å²) in [5.74, 6) is 1.13. The van der Waals surface area contributed by atoms with Gasteiger partial charge in [-0.05, 0) is 30.8 Å². The van der Waals surface area contributed by atoms with Gasteiger partial charge in [-0.1, -0.05) is 70.9 Å². The van der Waals surface area contributed by atoms with Crippen LogP contribution in [0.1, 0.15) is 71.6 Å². The minimum Gasteiger partial charge on any atom is -0.300 e. The second kappa shape index (κ2) is 12.9. The molecular formula is C19H32O. The van der Waals surface area contributed by atoms with E-state index in [1.807, 2.05) is 32.1 Å². The first-order chi connectivity index (χ1) is 9.76. The van der Waals surface area contributed by atoms with Crippen molar-refractivity contribution in [1.82, 2.24) is 0 Å². The lowest BCUT2D eigenvalue weighted by Gasteiger charge is -2.12. The zero-order valence-corrected chi connectivity index (χ0v) is 13.5. The summed E-state index contributed by atoms with van der Waals surface area (Å²) in [6.07, 6.45) is 15.7. The van der Waals surface area contributed by atoms with Crippen LogP contribution in [0.5, 0.6) is 0 Å². The normalized spacial score (nSPS) is 19.6. The zero-order valence-electron chi connectivity index (χ0n) is 13.5. The summed E-state index contributed by atoms with van der Waals surface area (Å²) in [5, 5.41) is 0. The van der Waals surface area contributed by atoms with E-state index >= 15 is 0 Å². The number of hydrogen-bond acceptors (Lipinski definition) is 1. The maximum Gasteiger partial charge on any atom is 0.133 e. The minimum absolute atomic E-state index is 0.482. The number of ketones is 1. The highest BCUT2D eigenvalue weighted by Crippen LogP contribution is 2.25. The number of hydrogen-bond donors (Lipinski definition) is 0. The van der Waals surface area contributed by atoms with Gasteiger partial charge in [-0.2, -0.15) is 0 Å². The fourth-order valence-corrected chi connectivity index (χ4v) is 2.69. The smallest absolute Gasteiger partial charge is 0.133 e. The topological polar surface area (TPSA) is 17.1 Å². The van der Waals surface area contributed by atoms with Crippen LogP contribution < -0.4 is 0 Å². The van der Waals surface area contributed by atoms with Gasteiger partial charge < -0.3 is 0 Å². The average Bonchev–Trinajstić information content (AvgIpc) is 2.68. The van der Waals surface area contributed by atoms with Crippen molar-refractivity contribution in [3.8, 4) is 0 Å². The van der Waals surface area contributed by atoms with Gasteiger partial charge in [-0.25, -0.2) is 0 Å². The molecule has 20 heavy (non-hydrogen) atoms. The third-order valence-corrected chi connectivity index (χ3v) is 3.76. The van der Waals surface area contributed by atoms with Crippen LogP contribution in [0.2, 0.25) is 0 Å². The lowest BCUT2D eigenvalue weighted by atomic mass is 9.93. The number of allylic oxidation sites excluding steroid dienone is 4. The van der Waals surface area contributed by atoms with Gasteiger partial charge in [-0.3, -0.25) is 4.79 Å². The Bertz CT molecular complexity index is 312. The van der Waals surface area contributed by atoms with Crippen LogP contribution in [0.4, 0.5) is 0 Å². The number of carbonyl (C=O) groups is 1. The van der Waals surface area contributed by atoms with Crippen molar-refractivity contribution in [3.63, 3.8) is 0 Å². The Kier molecular flexibility index (Phi) is 12.2. The molecule has 1 rings (SSSR count). The Morgan fingerprint density at radius 1 is 1.25 bits per heavy atom. The molecule has 1 aliphatic carbocycles. The maximum absolute atomic E-state index is 11.5. The van der Waals surface area contributed by atoms with E-state index in [-0.39, 0.29) is 0 Å². The highest BCUT2D eigenvalue weighted by atomic mass is 16.1. The van der Waals surface area contributed by atoms with Crippen molar-refractivity contribution in [3.05, 3.63) is 37.0 Å². The summed E-state index contributed by atoms with van der Waals surface area (Å²) in [5.41, 5.74) is 1.27. The minimum atomic E-state index is 0.482. The maximum atomic E-state index is 11.5. The molecule has 0 N–H and O–H groups in total. The summed E-state index contributed by atoms with van der Waals surface area (Å²) >= 11 is 0. The first-order valence-corrected chi connectivity index (χ1v) is 8.22. The molecule has 1 atom stereocenters. The van der Waals surface area contributed by atoms with Gasteiger partial charge in [0.25, 0.3) is 0 Å². The number of carbonyl (C=O) groups excluding carboxylic acids is 1. The Morgan fingerprint density at radius 3 is 2.65 bits per heavy atom. The fourth-order valence-electron chi connectivity index (χ4n) is 2.69. The zero-order chi connectivity index (χ0) is 15.2. The van der Waals surface area contributed by atoms with Crippen molar-refractivity contribution >= 4 is 5.78 Å². The molecule has 1 nitrogen and oxygen atoms in total. The van der Waals surface area contributed by atoms with E-state index in [4.69, 9.17) is 0 Å². The molecule has 0 aromatic rings. The molecule has 0 amide bonds. The summed E-state index contributed by atoms with van der Waals surface area (Å²) in [7, 11) is 0. The second-order valence-corrected chi connectivity index (χ2v) is 5.28. The van der Waals surface area contributed by atoms with Gasteiger partial charge in [0.1, 0.15) is 5.78 Å². The third-order valence-electron chi connectivity index (χ3n) is 3.76. The van der Waals surface area contributed by atoms with Gasteiger partial charge >= 0.3 is 0 Å². The van der Waals surface area contributed by atoms with Crippen molar-refractivity contribution in [2.24, 2.45) is 5.92 Å². The average molecular weight is 276 g/mol. The number of rotatable bonds is 7. The summed E-state index contributed by atoms with van der Waals surface area (Å²) < 4.78 is 0. The van der Waals surface area contributed by atoms with Gasteiger partial charge in [0.15, 0.2) is 0 Å². The van der Waals surface area contributed by atoms with E-state index in [1.54, 1.807) is 0 Å². The van der Waals surface area contributed by atoms with Crippen LogP contribution in [0.25, 0.3) is 0 Å². The van der Waals surface area contributed by atoms with Crippen molar-refractivity contribution in [2.45, 2.75) is 71.6 Å².